The Morgan fingerprint density at radius 2 is 1.48 bits per heavy atom. The van der Waals surface area contributed by atoms with Gasteiger partial charge in [-0.2, -0.15) is 10.2 Å². The van der Waals surface area contributed by atoms with E-state index in [-0.39, 0.29) is 0 Å². The van der Waals surface area contributed by atoms with Gasteiger partial charge in [0.2, 0.25) is 0 Å². The molecule has 27 heavy (non-hydrogen) atoms. The molecule has 0 unspecified atom stereocenters. The maximum absolute atomic E-state index is 13.7. The minimum atomic E-state index is -0.927. The zero-order valence-electron chi connectivity index (χ0n) is 13.9. The highest BCUT2D eigenvalue weighted by atomic mass is 19.1. The van der Waals surface area contributed by atoms with Crippen LogP contribution in [-0.4, -0.2) is 25.5 Å². The molecule has 0 aliphatic carbocycles. The molecule has 0 radical (unpaired) electrons. The van der Waals surface area contributed by atoms with Crippen LogP contribution in [0.15, 0.2) is 73.3 Å². The number of benzene rings is 2. The first-order valence-electron chi connectivity index (χ1n) is 8.02. The van der Waals surface area contributed by atoms with Crippen LogP contribution in [0.5, 0.6) is 0 Å². The number of halogens is 2. The van der Waals surface area contributed by atoms with E-state index in [0.29, 0.717) is 11.4 Å². The predicted octanol–water partition coefficient (Wildman–Crippen LogP) is 3.59. The summed E-state index contributed by atoms with van der Waals surface area (Å²) in [5.41, 5.74) is 1.22. The molecule has 4 rings (SSSR count). The summed E-state index contributed by atoms with van der Waals surface area (Å²) in [4.78, 5) is 12.1. The molecule has 4 aromatic rings. The topological polar surface area (TPSA) is 64.7 Å². The first kappa shape index (κ1) is 16.6. The smallest absolute Gasteiger partial charge is 0.261 e. The molecule has 0 aliphatic rings. The number of rotatable bonds is 4. The van der Waals surface area contributed by atoms with Crippen LogP contribution in [0, 0.1) is 11.6 Å². The zero-order valence-corrected chi connectivity index (χ0v) is 13.9. The van der Waals surface area contributed by atoms with Gasteiger partial charge in [-0.05, 0) is 24.3 Å². The van der Waals surface area contributed by atoms with Gasteiger partial charge in [0.1, 0.15) is 22.9 Å². The molecule has 0 saturated carbocycles. The number of hydrogen-bond acceptors (Lipinski definition) is 3. The van der Waals surface area contributed by atoms with E-state index >= 15 is 0 Å². The molecule has 0 fully saturated rings. The summed E-state index contributed by atoms with van der Waals surface area (Å²) in [6.07, 6.45) is 6.30. The second kappa shape index (κ2) is 6.83. The van der Waals surface area contributed by atoms with Crippen LogP contribution in [-0.2, 0) is 0 Å². The average molecular weight is 365 g/mol. The Morgan fingerprint density at radius 3 is 2.22 bits per heavy atom. The fraction of sp³-hybridized carbons (Fsp3) is 0. The second-order valence-electron chi connectivity index (χ2n) is 5.70. The largest absolute Gasteiger partial charge is 0.319 e. The number of anilines is 1. The van der Waals surface area contributed by atoms with Crippen LogP contribution in [0.1, 0.15) is 10.4 Å². The summed E-state index contributed by atoms with van der Waals surface area (Å²) < 4.78 is 30.6. The number of carbonyl (C=O) groups is 1. The quantitative estimate of drug-likeness (QED) is 0.601. The molecular weight excluding hydrogens is 352 g/mol. The lowest BCUT2D eigenvalue weighted by Gasteiger charge is -2.04. The minimum Gasteiger partial charge on any atom is -0.319 e. The van der Waals surface area contributed by atoms with E-state index in [4.69, 9.17) is 0 Å². The number of hydrogen-bond donors (Lipinski definition) is 1. The highest BCUT2D eigenvalue weighted by Gasteiger charge is 2.17. The third-order valence-electron chi connectivity index (χ3n) is 3.88. The molecule has 6 nitrogen and oxygen atoms in total. The molecular formula is C19H13F2N5O. The Kier molecular flexibility index (Phi) is 4.21. The molecule has 2 aromatic carbocycles. The van der Waals surface area contributed by atoms with Gasteiger partial charge in [0.15, 0.2) is 0 Å². The van der Waals surface area contributed by atoms with Crippen LogP contribution in [0.3, 0.4) is 0 Å². The van der Waals surface area contributed by atoms with Crippen LogP contribution in [0.25, 0.3) is 11.4 Å². The number of carbonyl (C=O) groups excluding carboxylic acids is 1. The molecule has 1 amide bonds. The highest BCUT2D eigenvalue weighted by molar-refractivity contribution is 6.04. The lowest BCUT2D eigenvalue weighted by Crippen LogP contribution is -2.15. The Morgan fingerprint density at radius 1 is 0.815 bits per heavy atom. The minimum absolute atomic E-state index is 0.301. The lowest BCUT2D eigenvalue weighted by atomic mass is 10.2. The van der Waals surface area contributed by atoms with Crippen LogP contribution < -0.4 is 5.32 Å². The molecule has 0 atom stereocenters. The fourth-order valence-corrected chi connectivity index (χ4v) is 2.59. The Balaban J connectivity index is 1.54. The second-order valence-corrected chi connectivity index (χ2v) is 5.70. The molecule has 8 heteroatoms. The number of nitrogens with one attached hydrogen (secondary N) is 1. The van der Waals surface area contributed by atoms with Crippen molar-refractivity contribution >= 4 is 11.6 Å². The SMILES string of the molecule is O=C(Nc1cnn(-c2cnn(-c3ccccc3)c2)c1)c1c(F)cccc1F. The summed E-state index contributed by atoms with van der Waals surface area (Å²) in [5, 5.41) is 10.9. The van der Waals surface area contributed by atoms with Gasteiger partial charge in [-0.25, -0.2) is 18.1 Å². The van der Waals surface area contributed by atoms with Crippen molar-refractivity contribution in [3.8, 4) is 11.4 Å². The van der Waals surface area contributed by atoms with Crippen molar-refractivity contribution in [2.75, 3.05) is 5.32 Å². The normalized spacial score (nSPS) is 10.7. The van der Waals surface area contributed by atoms with E-state index in [2.05, 4.69) is 15.5 Å². The third kappa shape index (κ3) is 3.32. The van der Waals surface area contributed by atoms with Crippen molar-refractivity contribution in [1.29, 1.82) is 0 Å². The van der Waals surface area contributed by atoms with Gasteiger partial charge >= 0.3 is 0 Å². The monoisotopic (exact) mass is 365 g/mol. The molecule has 2 heterocycles. The van der Waals surface area contributed by atoms with Crippen molar-refractivity contribution in [2.45, 2.75) is 0 Å². The fourth-order valence-electron chi connectivity index (χ4n) is 2.59. The standard InChI is InChI=1S/C19H13F2N5O/c20-16-7-4-8-17(21)18(16)19(27)24-13-9-22-25(11-13)15-10-23-26(12-15)14-5-2-1-3-6-14/h1-12H,(H,24,27). The van der Waals surface area contributed by atoms with Gasteiger partial charge in [0.25, 0.3) is 5.91 Å². The predicted molar refractivity (Wildman–Crippen MR) is 95.0 cm³/mol. The van der Waals surface area contributed by atoms with Crippen molar-refractivity contribution in [1.82, 2.24) is 19.6 Å². The van der Waals surface area contributed by atoms with Crippen LogP contribution in [0.4, 0.5) is 14.5 Å². The van der Waals surface area contributed by atoms with Crippen molar-refractivity contribution < 1.29 is 13.6 Å². The van der Waals surface area contributed by atoms with E-state index in [1.165, 1.54) is 23.1 Å². The van der Waals surface area contributed by atoms with E-state index < -0.39 is 23.1 Å². The summed E-state index contributed by atoms with van der Waals surface area (Å²) in [7, 11) is 0. The summed E-state index contributed by atoms with van der Waals surface area (Å²) in [6.45, 7) is 0. The van der Waals surface area contributed by atoms with E-state index in [0.717, 1.165) is 17.8 Å². The molecule has 2 aromatic heterocycles. The van der Waals surface area contributed by atoms with E-state index in [1.54, 1.807) is 17.1 Å². The molecule has 1 N–H and O–H groups in total. The van der Waals surface area contributed by atoms with Gasteiger partial charge in [0, 0.05) is 0 Å². The van der Waals surface area contributed by atoms with Crippen molar-refractivity contribution in [3.63, 3.8) is 0 Å². The molecule has 0 aliphatic heterocycles. The first-order chi connectivity index (χ1) is 13.1. The van der Waals surface area contributed by atoms with Gasteiger partial charge in [-0.1, -0.05) is 24.3 Å². The summed E-state index contributed by atoms with van der Waals surface area (Å²) >= 11 is 0. The molecule has 0 spiro atoms. The zero-order chi connectivity index (χ0) is 18.8. The van der Waals surface area contributed by atoms with Gasteiger partial charge in [-0.3, -0.25) is 4.79 Å². The Labute approximate surface area is 152 Å². The maximum atomic E-state index is 13.7. The lowest BCUT2D eigenvalue weighted by molar-refractivity contribution is 0.101. The highest BCUT2D eigenvalue weighted by Crippen LogP contribution is 2.17. The van der Waals surface area contributed by atoms with Gasteiger partial charge < -0.3 is 5.32 Å². The average Bonchev–Trinajstić information content (AvgIpc) is 3.31. The third-order valence-corrected chi connectivity index (χ3v) is 3.88. The molecule has 134 valence electrons. The van der Waals surface area contributed by atoms with Crippen LogP contribution >= 0.6 is 0 Å². The van der Waals surface area contributed by atoms with Crippen molar-refractivity contribution in [2.24, 2.45) is 0 Å². The maximum Gasteiger partial charge on any atom is 0.261 e. The summed E-state index contributed by atoms with van der Waals surface area (Å²) in [5.74, 6) is -2.74. The summed E-state index contributed by atoms with van der Waals surface area (Å²) in [6, 6.07) is 12.8. The Hall–Kier alpha value is -3.81. The van der Waals surface area contributed by atoms with Crippen molar-refractivity contribution in [3.05, 3.63) is 90.5 Å². The first-order valence-corrected chi connectivity index (χ1v) is 8.02. The van der Waals surface area contributed by atoms with Gasteiger partial charge in [0.05, 0.1) is 36.2 Å². The molecule has 0 bridgehead atoms. The van der Waals surface area contributed by atoms with E-state index in [1.807, 2.05) is 30.3 Å². The van der Waals surface area contributed by atoms with E-state index in [9.17, 15) is 13.6 Å². The molecule has 0 saturated heterocycles. The number of amides is 1. The van der Waals surface area contributed by atoms with Gasteiger partial charge in [-0.15, -0.1) is 0 Å². The number of nitrogens with zero attached hydrogens (tertiary/aromatic N) is 4. The Bertz CT molecular complexity index is 1080. The van der Waals surface area contributed by atoms with Crippen LogP contribution in [0.2, 0.25) is 0 Å². The number of aromatic nitrogens is 4. The number of para-hydroxylation sites is 1.